The first-order valence-corrected chi connectivity index (χ1v) is 4.11. The molecule has 3 nitrogen and oxygen atoms in total. The molecule has 2 aliphatic rings. The second-order valence-corrected chi connectivity index (χ2v) is 3.20. The lowest BCUT2D eigenvalue weighted by atomic mass is 10.00. The minimum Gasteiger partial charge on any atom is -0.482 e. The maximum Gasteiger partial charge on any atom is 0.262 e. The Labute approximate surface area is 71.1 Å². The first-order chi connectivity index (χ1) is 5.75. The molecule has 1 aliphatic heterocycles. The van der Waals surface area contributed by atoms with Crippen molar-refractivity contribution >= 4 is 5.91 Å². The van der Waals surface area contributed by atoms with Crippen LogP contribution in [0.3, 0.4) is 0 Å². The molecule has 2 rings (SSSR count). The van der Waals surface area contributed by atoms with Gasteiger partial charge in [-0.15, -0.1) is 0 Å². The Morgan fingerprint density at radius 1 is 1.67 bits per heavy atom. The Kier molecular flexibility index (Phi) is 1.64. The van der Waals surface area contributed by atoms with Crippen molar-refractivity contribution in [3.63, 3.8) is 0 Å². The van der Waals surface area contributed by atoms with Crippen LogP contribution in [0.4, 0.5) is 0 Å². The number of morpholine rings is 1. The van der Waals surface area contributed by atoms with E-state index in [1.807, 2.05) is 12.2 Å². The number of ether oxygens (including phenoxy) is 1. The van der Waals surface area contributed by atoms with Crippen molar-refractivity contribution in [2.45, 2.75) is 13.3 Å². The standard InChI is InChI=1S/C9H11NO2/c1-6-2-3-8-7(4-6)10-9(11)5-12-8/h3-4,6H,2,5H2,1H3,(H,10,11)/t6-/m0/s1. The molecular weight excluding hydrogens is 154 g/mol. The van der Waals surface area contributed by atoms with Crippen molar-refractivity contribution in [2.75, 3.05) is 6.61 Å². The van der Waals surface area contributed by atoms with Crippen LogP contribution in [0.1, 0.15) is 13.3 Å². The van der Waals surface area contributed by atoms with E-state index in [1.165, 1.54) is 0 Å². The second kappa shape index (κ2) is 2.66. The van der Waals surface area contributed by atoms with Crippen molar-refractivity contribution < 1.29 is 9.53 Å². The largest absolute Gasteiger partial charge is 0.482 e. The maximum absolute atomic E-state index is 10.9. The Morgan fingerprint density at radius 3 is 3.33 bits per heavy atom. The zero-order valence-electron chi connectivity index (χ0n) is 6.96. The fourth-order valence-electron chi connectivity index (χ4n) is 1.41. The Morgan fingerprint density at radius 2 is 2.50 bits per heavy atom. The number of carbonyl (C=O) groups excluding carboxylic acids is 1. The van der Waals surface area contributed by atoms with Crippen LogP contribution in [-0.4, -0.2) is 12.5 Å². The van der Waals surface area contributed by atoms with E-state index in [2.05, 4.69) is 12.2 Å². The molecule has 1 fully saturated rings. The molecule has 1 aliphatic carbocycles. The number of nitrogens with one attached hydrogen (secondary N) is 1. The number of hydrogen-bond donors (Lipinski definition) is 1. The molecule has 64 valence electrons. The summed E-state index contributed by atoms with van der Waals surface area (Å²) in [5.41, 5.74) is 0.838. The molecule has 1 saturated heterocycles. The van der Waals surface area contributed by atoms with Gasteiger partial charge in [0, 0.05) is 0 Å². The van der Waals surface area contributed by atoms with Crippen molar-refractivity contribution in [1.82, 2.24) is 5.32 Å². The fourth-order valence-corrected chi connectivity index (χ4v) is 1.41. The first kappa shape index (κ1) is 7.40. The minimum absolute atomic E-state index is 0.0625. The van der Waals surface area contributed by atoms with Crippen LogP contribution in [0.25, 0.3) is 0 Å². The van der Waals surface area contributed by atoms with Gasteiger partial charge in [-0.1, -0.05) is 13.0 Å². The SMILES string of the molecule is C[C@@H]1C=C2NC(=O)COC2=CC1. The quantitative estimate of drug-likeness (QED) is 0.580. The van der Waals surface area contributed by atoms with Crippen LogP contribution < -0.4 is 5.32 Å². The molecule has 12 heavy (non-hydrogen) atoms. The van der Waals surface area contributed by atoms with E-state index >= 15 is 0 Å². The molecule has 1 amide bonds. The van der Waals surface area contributed by atoms with Crippen molar-refractivity contribution in [1.29, 1.82) is 0 Å². The number of allylic oxidation sites excluding steroid dienone is 2. The topological polar surface area (TPSA) is 38.3 Å². The monoisotopic (exact) mass is 165 g/mol. The third kappa shape index (κ3) is 1.22. The van der Waals surface area contributed by atoms with Gasteiger partial charge in [0.25, 0.3) is 5.91 Å². The number of hydrogen-bond acceptors (Lipinski definition) is 2. The Hall–Kier alpha value is -1.25. The van der Waals surface area contributed by atoms with Gasteiger partial charge in [-0.2, -0.15) is 0 Å². The number of rotatable bonds is 0. The second-order valence-electron chi connectivity index (χ2n) is 3.20. The lowest BCUT2D eigenvalue weighted by molar-refractivity contribution is -0.125. The van der Waals surface area contributed by atoms with Gasteiger partial charge in [-0.05, 0) is 18.4 Å². The molecule has 1 N–H and O–H groups in total. The highest BCUT2D eigenvalue weighted by atomic mass is 16.5. The summed E-state index contributed by atoms with van der Waals surface area (Å²) in [7, 11) is 0. The highest BCUT2D eigenvalue weighted by Crippen LogP contribution is 2.23. The normalized spacial score (nSPS) is 27.8. The van der Waals surface area contributed by atoms with Gasteiger partial charge in [-0.3, -0.25) is 4.79 Å². The zero-order chi connectivity index (χ0) is 8.55. The average molecular weight is 165 g/mol. The van der Waals surface area contributed by atoms with E-state index in [0.717, 1.165) is 17.9 Å². The molecular formula is C9H11NO2. The van der Waals surface area contributed by atoms with E-state index in [-0.39, 0.29) is 12.5 Å². The van der Waals surface area contributed by atoms with Crippen molar-refractivity contribution in [3.8, 4) is 0 Å². The first-order valence-electron chi connectivity index (χ1n) is 4.11. The molecule has 3 heteroatoms. The predicted octanol–water partition coefficient (Wildman–Crippen LogP) is 0.940. The third-order valence-corrected chi connectivity index (χ3v) is 2.02. The minimum atomic E-state index is -0.0625. The van der Waals surface area contributed by atoms with Gasteiger partial charge in [0.1, 0.15) is 5.76 Å². The van der Waals surface area contributed by atoms with Crippen molar-refractivity contribution in [2.24, 2.45) is 5.92 Å². The summed E-state index contributed by atoms with van der Waals surface area (Å²) in [4.78, 5) is 10.9. The summed E-state index contributed by atoms with van der Waals surface area (Å²) >= 11 is 0. The van der Waals surface area contributed by atoms with E-state index < -0.39 is 0 Å². The molecule has 0 bridgehead atoms. The third-order valence-electron chi connectivity index (χ3n) is 2.02. The summed E-state index contributed by atoms with van der Waals surface area (Å²) in [6, 6.07) is 0. The van der Waals surface area contributed by atoms with Crippen LogP contribution in [0, 0.1) is 5.92 Å². The van der Waals surface area contributed by atoms with Crippen molar-refractivity contribution in [3.05, 3.63) is 23.6 Å². The number of fused-ring (bicyclic) bond motifs is 1. The van der Waals surface area contributed by atoms with Gasteiger partial charge in [-0.25, -0.2) is 0 Å². The van der Waals surface area contributed by atoms with Gasteiger partial charge in [0.2, 0.25) is 0 Å². The average Bonchev–Trinajstić information content (AvgIpc) is 2.03. The molecule has 0 aromatic rings. The van der Waals surface area contributed by atoms with Gasteiger partial charge < -0.3 is 10.1 Å². The zero-order valence-corrected chi connectivity index (χ0v) is 6.96. The summed E-state index contributed by atoms with van der Waals surface area (Å²) in [6.07, 6.45) is 5.06. The van der Waals surface area contributed by atoms with E-state index in [9.17, 15) is 4.79 Å². The number of carbonyl (C=O) groups is 1. The lowest BCUT2D eigenvalue weighted by Crippen LogP contribution is -2.34. The summed E-state index contributed by atoms with van der Waals surface area (Å²) < 4.78 is 5.22. The Balaban J connectivity index is 2.23. The smallest absolute Gasteiger partial charge is 0.262 e. The highest BCUT2D eigenvalue weighted by molar-refractivity contribution is 5.81. The van der Waals surface area contributed by atoms with E-state index in [4.69, 9.17) is 4.74 Å². The van der Waals surface area contributed by atoms with E-state index in [0.29, 0.717) is 5.92 Å². The molecule has 1 atom stereocenters. The van der Waals surface area contributed by atoms with Gasteiger partial charge >= 0.3 is 0 Å². The van der Waals surface area contributed by atoms with Crippen LogP contribution in [-0.2, 0) is 9.53 Å². The van der Waals surface area contributed by atoms with Crippen LogP contribution in [0.5, 0.6) is 0 Å². The number of amides is 1. The molecule has 0 aromatic carbocycles. The molecule has 0 unspecified atom stereocenters. The lowest BCUT2D eigenvalue weighted by Gasteiger charge is -2.24. The summed E-state index contributed by atoms with van der Waals surface area (Å²) in [5.74, 6) is 1.26. The fraction of sp³-hybridized carbons (Fsp3) is 0.444. The molecule has 0 saturated carbocycles. The summed E-state index contributed by atoms with van der Waals surface area (Å²) in [6.45, 7) is 2.26. The highest BCUT2D eigenvalue weighted by Gasteiger charge is 2.21. The predicted molar refractivity (Wildman–Crippen MR) is 44.0 cm³/mol. The molecule has 0 radical (unpaired) electrons. The van der Waals surface area contributed by atoms with Crippen LogP contribution in [0.2, 0.25) is 0 Å². The van der Waals surface area contributed by atoms with Crippen LogP contribution in [0.15, 0.2) is 23.6 Å². The summed E-state index contributed by atoms with van der Waals surface area (Å²) in [5, 5.41) is 2.78. The Bertz CT molecular complexity index is 278. The maximum atomic E-state index is 10.9. The molecule has 0 aromatic heterocycles. The van der Waals surface area contributed by atoms with Gasteiger partial charge in [0.05, 0.1) is 5.70 Å². The molecule has 1 heterocycles. The van der Waals surface area contributed by atoms with Gasteiger partial charge in [0.15, 0.2) is 6.61 Å². The van der Waals surface area contributed by atoms with E-state index in [1.54, 1.807) is 0 Å². The van der Waals surface area contributed by atoms with Crippen LogP contribution >= 0.6 is 0 Å². The molecule has 0 spiro atoms.